The van der Waals surface area contributed by atoms with Crippen LogP contribution in [-0.4, -0.2) is 18.4 Å². The van der Waals surface area contributed by atoms with Crippen LogP contribution in [-0.2, 0) is 0 Å². The predicted octanol–water partition coefficient (Wildman–Crippen LogP) is 6.69. The van der Waals surface area contributed by atoms with Crippen LogP contribution >= 0.6 is 116 Å². The fourth-order valence-corrected chi connectivity index (χ4v) is 6.35. The molecule has 0 saturated heterocycles. The van der Waals surface area contributed by atoms with Crippen molar-refractivity contribution in [2.45, 2.75) is 18.4 Å². The van der Waals surface area contributed by atoms with Crippen LogP contribution in [0.4, 0.5) is 0 Å². The number of allylic oxidation sites excluding steroid dienone is 4. The topological polar surface area (TPSA) is 0 Å². The lowest BCUT2D eigenvalue weighted by Crippen LogP contribution is -2.55. The number of fused-ring (bicyclic) bond motifs is 1. The Morgan fingerprint density at radius 2 is 0.667 bits per heavy atom. The first kappa shape index (κ1) is 16.7. The highest BCUT2D eigenvalue weighted by Crippen LogP contribution is 2.77. The Bertz CT molecular complexity index is 456. The summed E-state index contributed by atoms with van der Waals surface area (Å²) < 4.78 is -3.84. The summed E-state index contributed by atoms with van der Waals surface area (Å²) in [7, 11) is 0. The predicted molar refractivity (Wildman–Crippen MR) is 83.5 cm³/mol. The molecule has 0 saturated carbocycles. The summed E-state index contributed by atoms with van der Waals surface area (Å²) in [6.07, 6.45) is 0. The molecule has 0 unspecified atom stereocenters. The first-order valence-electron chi connectivity index (χ1n) is 4.14. The number of halogens is 10. The van der Waals surface area contributed by atoms with Crippen molar-refractivity contribution in [3.8, 4) is 0 Å². The van der Waals surface area contributed by atoms with Crippen LogP contribution in [0.3, 0.4) is 0 Å². The van der Waals surface area contributed by atoms with Crippen LogP contribution < -0.4 is 0 Å². The molecule has 0 fully saturated rings. The molecule has 102 valence electrons. The molecular formula is C8Cl10. The van der Waals surface area contributed by atoms with Crippen molar-refractivity contribution in [2.24, 2.45) is 0 Å². The summed E-state index contributed by atoms with van der Waals surface area (Å²) in [6.45, 7) is 0. The highest BCUT2D eigenvalue weighted by Gasteiger charge is 2.82. The van der Waals surface area contributed by atoms with E-state index in [1.54, 1.807) is 0 Å². The molecule has 0 aromatic rings. The van der Waals surface area contributed by atoms with Gasteiger partial charge in [-0.05, 0) is 0 Å². The molecule has 0 aromatic carbocycles. The minimum absolute atomic E-state index is 0.203. The molecule has 0 aromatic heterocycles. The lowest BCUT2D eigenvalue weighted by Gasteiger charge is -2.40. The van der Waals surface area contributed by atoms with E-state index in [9.17, 15) is 0 Å². The molecule has 2 atom stereocenters. The fourth-order valence-electron chi connectivity index (χ4n) is 1.89. The third kappa shape index (κ3) is 1.47. The Kier molecular flexibility index (Phi) is 4.13. The molecule has 0 heterocycles. The van der Waals surface area contributed by atoms with Crippen LogP contribution in [0.5, 0.6) is 0 Å². The van der Waals surface area contributed by atoms with Crippen molar-refractivity contribution in [1.29, 1.82) is 0 Å². The molecule has 2 rings (SSSR count). The van der Waals surface area contributed by atoms with E-state index < -0.39 is 18.4 Å². The van der Waals surface area contributed by atoms with Crippen molar-refractivity contribution >= 4 is 116 Å². The van der Waals surface area contributed by atoms with Gasteiger partial charge in [-0.15, -0.1) is 23.2 Å². The average Bonchev–Trinajstić information content (AvgIpc) is 2.46. The van der Waals surface area contributed by atoms with E-state index in [1.165, 1.54) is 0 Å². The van der Waals surface area contributed by atoms with Crippen molar-refractivity contribution in [1.82, 2.24) is 0 Å². The largest absolute Gasteiger partial charge is 0.180 e. The second-order valence-corrected chi connectivity index (χ2v) is 9.02. The Balaban J connectivity index is 2.89. The highest BCUT2D eigenvalue weighted by atomic mass is 35.5. The van der Waals surface area contributed by atoms with Crippen LogP contribution in [0.15, 0.2) is 20.1 Å². The molecular weight excluding hydrogens is 451 g/mol. The average molecular weight is 451 g/mol. The van der Waals surface area contributed by atoms with E-state index in [1.807, 2.05) is 0 Å². The van der Waals surface area contributed by atoms with E-state index in [0.717, 1.165) is 0 Å². The van der Waals surface area contributed by atoms with Crippen molar-refractivity contribution in [3.63, 3.8) is 0 Å². The van der Waals surface area contributed by atoms with E-state index in [2.05, 4.69) is 0 Å². The molecule has 0 nitrogen and oxygen atoms in total. The molecule has 0 aliphatic heterocycles. The van der Waals surface area contributed by atoms with Gasteiger partial charge in [-0.25, -0.2) is 0 Å². The monoisotopic (exact) mass is 446 g/mol. The van der Waals surface area contributed by atoms with E-state index in [0.29, 0.717) is 0 Å². The number of hydrogen-bond donors (Lipinski definition) is 0. The van der Waals surface area contributed by atoms with Gasteiger partial charge in [0.1, 0.15) is 9.75 Å². The summed E-state index contributed by atoms with van der Waals surface area (Å²) in [5.41, 5.74) is 0. The second-order valence-electron chi connectivity index (χ2n) is 3.72. The third-order valence-electron chi connectivity index (χ3n) is 2.88. The lowest BCUT2D eigenvalue weighted by molar-refractivity contribution is 0.572. The highest BCUT2D eigenvalue weighted by molar-refractivity contribution is 6.73. The summed E-state index contributed by atoms with van der Waals surface area (Å²) in [4.78, 5) is -3.75. The quantitative estimate of drug-likeness (QED) is 0.361. The lowest BCUT2D eigenvalue weighted by atomic mass is 9.95. The van der Waals surface area contributed by atoms with Crippen LogP contribution in [0, 0.1) is 0 Å². The van der Waals surface area contributed by atoms with Gasteiger partial charge in [0.15, 0.2) is 8.67 Å². The minimum atomic E-state index is -1.92. The van der Waals surface area contributed by atoms with Crippen molar-refractivity contribution in [2.75, 3.05) is 0 Å². The molecule has 0 N–H and O–H groups in total. The number of alkyl halides is 6. The molecule has 0 radical (unpaired) electrons. The zero-order chi connectivity index (χ0) is 14.3. The summed E-state index contributed by atoms with van der Waals surface area (Å²) in [6, 6.07) is 0. The summed E-state index contributed by atoms with van der Waals surface area (Å²) >= 11 is 61.2. The Labute approximate surface area is 153 Å². The third-order valence-corrected chi connectivity index (χ3v) is 9.43. The van der Waals surface area contributed by atoms with E-state index in [-0.39, 0.29) is 20.1 Å². The number of rotatable bonds is 0. The number of hydrogen-bond acceptors (Lipinski definition) is 0. The van der Waals surface area contributed by atoms with Gasteiger partial charge in [0.2, 0.25) is 0 Å². The van der Waals surface area contributed by atoms with Gasteiger partial charge in [-0.2, -0.15) is 0 Å². The Hall–Kier alpha value is 2.38. The molecule has 0 spiro atoms. The molecule has 2 aliphatic carbocycles. The Morgan fingerprint density at radius 3 is 0.889 bits per heavy atom. The van der Waals surface area contributed by atoms with E-state index >= 15 is 0 Å². The zero-order valence-corrected chi connectivity index (χ0v) is 15.3. The van der Waals surface area contributed by atoms with Gasteiger partial charge in [0.05, 0.1) is 20.1 Å². The first-order chi connectivity index (χ1) is 7.88. The smallest absolute Gasteiger partial charge is 0.107 e. The van der Waals surface area contributed by atoms with Gasteiger partial charge in [-0.1, -0.05) is 92.8 Å². The van der Waals surface area contributed by atoms with Gasteiger partial charge < -0.3 is 0 Å². The van der Waals surface area contributed by atoms with Gasteiger partial charge >= 0.3 is 0 Å². The summed E-state index contributed by atoms with van der Waals surface area (Å²) in [5.74, 6) is 0. The maximum atomic E-state index is 6.37. The molecule has 0 amide bonds. The van der Waals surface area contributed by atoms with Crippen molar-refractivity contribution < 1.29 is 0 Å². The Morgan fingerprint density at radius 1 is 0.444 bits per heavy atom. The summed E-state index contributed by atoms with van der Waals surface area (Å²) in [5, 5.41) is -0.815. The normalized spacial score (nSPS) is 41.7. The maximum absolute atomic E-state index is 6.37. The van der Waals surface area contributed by atoms with Gasteiger partial charge in [0.25, 0.3) is 0 Å². The molecule has 0 bridgehead atoms. The molecule has 18 heavy (non-hydrogen) atoms. The zero-order valence-electron chi connectivity index (χ0n) is 7.78. The van der Waals surface area contributed by atoms with Crippen LogP contribution in [0.25, 0.3) is 0 Å². The SMILES string of the molecule is ClC1=C(Cl)[C@]2(Cl)C(Cl)(Cl)C(Cl)=C(Cl)[C@]2(Cl)C1(Cl)Cl. The minimum Gasteiger partial charge on any atom is -0.107 e. The second kappa shape index (κ2) is 4.44. The van der Waals surface area contributed by atoms with Crippen LogP contribution in [0.2, 0.25) is 0 Å². The van der Waals surface area contributed by atoms with Gasteiger partial charge in [-0.3, -0.25) is 0 Å². The maximum Gasteiger partial charge on any atom is 0.180 e. The fraction of sp³-hybridized carbons (Fsp3) is 0.500. The molecule has 2 aliphatic rings. The van der Waals surface area contributed by atoms with Gasteiger partial charge in [0, 0.05) is 0 Å². The molecule has 10 heteroatoms. The standard InChI is InChI=1S/C8Cl10/c9-1-3(11)7(15,16)6(14)2(10)4(12)8(17,18)5(1,6)13/t5-,6-/m1/s1. The van der Waals surface area contributed by atoms with E-state index in [4.69, 9.17) is 116 Å². The van der Waals surface area contributed by atoms with Crippen molar-refractivity contribution in [3.05, 3.63) is 20.1 Å². The first-order valence-corrected chi connectivity index (χ1v) is 7.92. The van der Waals surface area contributed by atoms with Crippen LogP contribution in [0.1, 0.15) is 0 Å².